The molecule has 0 amide bonds. The minimum Gasteiger partial charge on any atom is -0.468 e. The second-order valence-corrected chi connectivity index (χ2v) is 7.45. The fourth-order valence-corrected chi connectivity index (χ4v) is 4.52. The molecule has 0 aliphatic carbocycles. The first-order chi connectivity index (χ1) is 9.86. The minimum absolute atomic E-state index is 0.0425. The number of furan rings is 1. The van der Waals surface area contributed by atoms with Crippen LogP contribution in [0, 0.1) is 0 Å². The summed E-state index contributed by atoms with van der Waals surface area (Å²) in [6.07, 6.45) is 1.50. The van der Waals surface area contributed by atoms with Crippen LogP contribution in [0.4, 0.5) is 5.69 Å². The van der Waals surface area contributed by atoms with Crippen LogP contribution >= 0.6 is 27.5 Å². The molecule has 0 bridgehead atoms. The van der Waals surface area contributed by atoms with Gasteiger partial charge in [-0.15, -0.1) is 0 Å². The quantitative estimate of drug-likeness (QED) is 0.789. The molecule has 0 atom stereocenters. The molecule has 0 spiro atoms. The van der Waals surface area contributed by atoms with E-state index < -0.39 is 10.0 Å². The predicted octanol–water partition coefficient (Wildman–Crippen LogP) is 3.49. The topological polar surface area (TPSA) is 76.5 Å². The Morgan fingerprint density at radius 1 is 1.43 bits per heavy atom. The van der Waals surface area contributed by atoms with E-state index in [1.807, 2.05) is 0 Å². The van der Waals surface area contributed by atoms with Gasteiger partial charge in [0.1, 0.15) is 5.76 Å². The molecule has 0 saturated carbocycles. The maximum absolute atomic E-state index is 12.8. The first-order valence-corrected chi connectivity index (χ1v) is 8.74. The number of hydrogen-bond acceptors (Lipinski definition) is 4. The maximum Gasteiger partial charge on any atom is 0.244 e. The zero-order chi connectivity index (χ0) is 15.6. The molecule has 114 valence electrons. The average molecular weight is 394 g/mol. The summed E-state index contributed by atoms with van der Waals surface area (Å²) in [5.41, 5.74) is 6.04. The molecule has 0 unspecified atom stereocenters. The van der Waals surface area contributed by atoms with Crippen molar-refractivity contribution in [3.05, 3.63) is 45.8 Å². The number of hydrogen-bond donors (Lipinski definition) is 1. The van der Waals surface area contributed by atoms with Gasteiger partial charge in [0.15, 0.2) is 0 Å². The number of anilines is 1. The van der Waals surface area contributed by atoms with Crippen molar-refractivity contribution in [2.45, 2.75) is 18.4 Å². The third kappa shape index (κ3) is 3.42. The van der Waals surface area contributed by atoms with Crippen LogP contribution in [0.1, 0.15) is 12.7 Å². The van der Waals surface area contributed by atoms with E-state index in [1.54, 1.807) is 19.1 Å². The Bertz CT molecular complexity index is 732. The zero-order valence-corrected chi connectivity index (χ0v) is 14.4. The highest BCUT2D eigenvalue weighted by molar-refractivity contribution is 9.10. The first kappa shape index (κ1) is 16.4. The fourth-order valence-electron chi connectivity index (χ4n) is 1.85. The van der Waals surface area contributed by atoms with Gasteiger partial charge in [-0.05, 0) is 40.2 Å². The molecular formula is C13H14BrClN2O3S. The van der Waals surface area contributed by atoms with E-state index in [-0.39, 0.29) is 22.2 Å². The Hall–Kier alpha value is -1.02. The molecule has 2 rings (SSSR count). The van der Waals surface area contributed by atoms with E-state index >= 15 is 0 Å². The Labute approximate surface area is 136 Å². The standard InChI is InChI=1S/C13H14BrClN2O3S/c1-2-17(8-10-4-3-5-20-10)21(18,19)12-7-9(15)6-11(16)13(12)14/h3-7H,2,8,16H2,1H3. The summed E-state index contributed by atoms with van der Waals surface area (Å²) < 4.78 is 32.3. The predicted molar refractivity (Wildman–Crippen MR) is 85.5 cm³/mol. The van der Waals surface area contributed by atoms with Crippen LogP contribution in [0.2, 0.25) is 5.02 Å². The molecule has 1 aromatic heterocycles. The highest BCUT2D eigenvalue weighted by atomic mass is 79.9. The van der Waals surface area contributed by atoms with Crippen LogP contribution in [-0.4, -0.2) is 19.3 Å². The summed E-state index contributed by atoms with van der Waals surface area (Å²) in [5.74, 6) is 0.562. The lowest BCUT2D eigenvalue weighted by atomic mass is 10.3. The average Bonchev–Trinajstić information content (AvgIpc) is 2.92. The van der Waals surface area contributed by atoms with E-state index in [9.17, 15) is 8.42 Å². The summed E-state index contributed by atoms with van der Waals surface area (Å²) in [6, 6.07) is 6.30. The van der Waals surface area contributed by atoms with Crippen LogP contribution in [0.5, 0.6) is 0 Å². The van der Waals surface area contributed by atoms with Gasteiger partial charge in [-0.1, -0.05) is 18.5 Å². The highest BCUT2D eigenvalue weighted by Gasteiger charge is 2.27. The minimum atomic E-state index is -3.74. The number of sulfonamides is 1. The van der Waals surface area contributed by atoms with Crippen molar-refractivity contribution >= 4 is 43.2 Å². The summed E-state index contributed by atoms with van der Waals surface area (Å²) >= 11 is 9.13. The van der Waals surface area contributed by atoms with E-state index in [1.165, 1.54) is 22.7 Å². The molecule has 21 heavy (non-hydrogen) atoms. The first-order valence-electron chi connectivity index (χ1n) is 6.13. The number of halogens is 2. The SMILES string of the molecule is CCN(Cc1ccco1)S(=O)(=O)c1cc(Cl)cc(N)c1Br. The fraction of sp³-hybridized carbons (Fsp3) is 0.231. The third-order valence-corrected chi connectivity index (χ3v) is 6.23. The molecule has 0 aliphatic heterocycles. The maximum atomic E-state index is 12.8. The van der Waals surface area contributed by atoms with E-state index in [2.05, 4.69) is 15.9 Å². The van der Waals surface area contributed by atoms with Crippen molar-refractivity contribution in [3.63, 3.8) is 0 Å². The van der Waals surface area contributed by atoms with Gasteiger partial charge in [0.2, 0.25) is 10.0 Å². The monoisotopic (exact) mass is 392 g/mol. The van der Waals surface area contributed by atoms with Crippen molar-refractivity contribution in [2.24, 2.45) is 0 Å². The molecule has 8 heteroatoms. The number of nitrogen functional groups attached to an aromatic ring is 1. The van der Waals surface area contributed by atoms with Gasteiger partial charge in [0.25, 0.3) is 0 Å². The largest absolute Gasteiger partial charge is 0.468 e. The van der Waals surface area contributed by atoms with Gasteiger partial charge in [-0.25, -0.2) is 8.42 Å². The molecule has 2 N–H and O–H groups in total. The van der Waals surface area contributed by atoms with Crippen LogP contribution in [0.25, 0.3) is 0 Å². The van der Waals surface area contributed by atoms with E-state index in [0.717, 1.165) is 0 Å². The molecular weight excluding hydrogens is 380 g/mol. The summed E-state index contributed by atoms with van der Waals surface area (Å²) in [6.45, 7) is 2.19. The Kier molecular flexibility index (Phi) is 4.98. The lowest BCUT2D eigenvalue weighted by molar-refractivity contribution is 0.375. The zero-order valence-electron chi connectivity index (χ0n) is 11.2. The molecule has 0 fully saturated rings. The van der Waals surface area contributed by atoms with Gasteiger partial charge in [0, 0.05) is 17.3 Å². The van der Waals surface area contributed by atoms with Gasteiger partial charge >= 0.3 is 0 Å². The lowest BCUT2D eigenvalue weighted by Gasteiger charge is -2.20. The van der Waals surface area contributed by atoms with Gasteiger partial charge in [-0.3, -0.25) is 0 Å². The second-order valence-electron chi connectivity index (χ2n) is 4.32. The second kappa shape index (κ2) is 6.39. The summed E-state index contributed by atoms with van der Waals surface area (Å²) in [7, 11) is -3.74. The van der Waals surface area contributed by atoms with Gasteiger partial charge in [0.05, 0.1) is 22.2 Å². The smallest absolute Gasteiger partial charge is 0.244 e. The van der Waals surface area contributed by atoms with Crippen LogP contribution in [0.15, 0.2) is 44.3 Å². The third-order valence-electron chi connectivity index (χ3n) is 2.91. The Morgan fingerprint density at radius 2 is 2.14 bits per heavy atom. The van der Waals surface area contributed by atoms with Crippen molar-refractivity contribution in [2.75, 3.05) is 12.3 Å². The number of nitrogens with two attached hydrogens (primary N) is 1. The normalized spacial score (nSPS) is 12.0. The molecule has 0 saturated heterocycles. The van der Waals surface area contributed by atoms with Crippen LogP contribution in [0.3, 0.4) is 0 Å². The van der Waals surface area contributed by atoms with E-state index in [0.29, 0.717) is 16.8 Å². The molecule has 0 aliphatic rings. The number of nitrogens with zero attached hydrogens (tertiary/aromatic N) is 1. The summed E-state index contributed by atoms with van der Waals surface area (Å²) in [5, 5.41) is 0.267. The molecule has 2 aromatic rings. The van der Waals surface area contributed by atoms with Crippen molar-refractivity contribution in [1.82, 2.24) is 4.31 Å². The highest BCUT2D eigenvalue weighted by Crippen LogP contribution is 2.33. The molecule has 1 aromatic carbocycles. The van der Waals surface area contributed by atoms with Crippen molar-refractivity contribution in [1.29, 1.82) is 0 Å². The molecule has 0 radical (unpaired) electrons. The van der Waals surface area contributed by atoms with Gasteiger partial charge < -0.3 is 10.2 Å². The van der Waals surface area contributed by atoms with Crippen molar-refractivity contribution < 1.29 is 12.8 Å². The van der Waals surface area contributed by atoms with Gasteiger partial charge in [-0.2, -0.15) is 4.31 Å². The Balaban J connectivity index is 2.44. The molecule has 1 heterocycles. The van der Waals surface area contributed by atoms with Crippen LogP contribution < -0.4 is 5.73 Å². The van der Waals surface area contributed by atoms with E-state index in [4.69, 9.17) is 21.8 Å². The molecule has 5 nitrogen and oxygen atoms in total. The van der Waals surface area contributed by atoms with Crippen molar-refractivity contribution in [3.8, 4) is 0 Å². The lowest BCUT2D eigenvalue weighted by Crippen LogP contribution is -2.30. The summed E-state index contributed by atoms with van der Waals surface area (Å²) in [4.78, 5) is 0.0425. The Morgan fingerprint density at radius 3 is 2.71 bits per heavy atom. The number of rotatable bonds is 5. The number of benzene rings is 1. The van der Waals surface area contributed by atoms with Crippen LogP contribution in [-0.2, 0) is 16.6 Å².